The van der Waals surface area contributed by atoms with Gasteiger partial charge in [0, 0.05) is 23.7 Å². The predicted molar refractivity (Wildman–Crippen MR) is 67.4 cm³/mol. The summed E-state index contributed by atoms with van der Waals surface area (Å²) in [5.74, 6) is -0.838. The molecule has 1 aliphatic rings. The smallest absolute Gasteiger partial charge is 0.246 e. The maximum Gasteiger partial charge on any atom is 0.246 e. The van der Waals surface area contributed by atoms with Crippen LogP contribution in [0.4, 0.5) is 4.39 Å². The average Bonchev–Trinajstić information content (AvgIpc) is 2.59. The Morgan fingerprint density at radius 3 is 2.67 bits per heavy atom. The van der Waals surface area contributed by atoms with Crippen LogP contribution in [0.15, 0.2) is 23.1 Å². The van der Waals surface area contributed by atoms with Gasteiger partial charge in [-0.25, -0.2) is 12.8 Å². The predicted octanol–water partition coefficient (Wildman–Crippen LogP) is 1.59. The van der Waals surface area contributed by atoms with Crippen LogP contribution in [0.1, 0.15) is 13.3 Å². The van der Waals surface area contributed by atoms with Gasteiger partial charge in [-0.15, -0.1) is 0 Å². The molecule has 0 aromatic heterocycles. The number of sulfonamides is 1. The van der Waals surface area contributed by atoms with Crippen molar-refractivity contribution in [1.82, 2.24) is 4.31 Å². The van der Waals surface area contributed by atoms with Crippen molar-refractivity contribution in [2.75, 3.05) is 6.54 Å². The minimum atomic E-state index is -3.85. The molecule has 0 saturated carbocycles. The molecule has 18 heavy (non-hydrogen) atoms. The fraction of sp³-hybridized carbons (Fsp3) is 0.455. The highest BCUT2D eigenvalue weighted by atomic mass is 35.5. The monoisotopic (exact) mass is 292 g/mol. The molecule has 0 bridgehead atoms. The summed E-state index contributed by atoms with van der Waals surface area (Å²) >= 11 is 5.61. The van der Waals surface area contributed by atoms with Crippen molar-refractivity contribution in [3.8, 4) is 0 Å². The van der Waals surface area contributed by atoms with Crippen LogP contribution in [0.3, 0.4) is 0 Å². The Hall–Kier alpha value is -0.690. The summed E-state index contributed by atoms with van der Waals surface area (Å²) in [4.78, 5) is -0.354. The van der Waals surface area contributed by atoms with Gasteiger partial charge in [-0.1, -0.05) is 11.6 Å². The molecule has 1 aromatic rings. The fourth-order valence-electron chi connectivity index (χ4n) is 2.08. The first kappa shape index (κ1) is 13.7. The molecule has 2 rings (SSSR count). The molecular formula is C11H14ClFN2O2S. The molecule has 0 aliphatic carbocycles. The van der Waals surface area contributed by atoms with Crippen molar-refractivity contribution < 1.29 is 12.8 Å². The number of nitrogens with two attached hydrogens (primary N) is 1. The maximum absolute atomic E-state index is 13.7. The Balaban J connectivity index is 2.43. The molecule has 0 spiro atoms. The molecule has 1 heterocycles. The van der Waals surface area contributed by atoms with Gasteiger partial charge in [0.25, 0.3) is 0 Å². The molecule has 1 fully saturated rings. The van der Waals surface area contributed by atoms with Crippen LogP contribution < -0.4 is 5.73 Å². The molecule has 1 aliphatic heterocycles. The number of nitrogens with zero attached hydrogens (tertiary/aromatic N) is 1. The minimum absolute atomic E-state index is 0.164. The Morgan fingerprint density at radius 1 is 1.50 bits per heavy atom. The minimum Gasteiger partial charge on any atom is -0.326 e. The molecule has 2 unspecified atom stereocenters. The highest BCUT2D eigenvalue weighted by Crippen LogP contribution is 2.27. The SMILES string of the molecule is CC1C(N)CCN1S(=O)(=O)c1ccc(Cl)cc1F. The summed E-state index contributed by atoms with van der Waals surface area (Å²) in [6.45, 7) is 2.04. The summed E-state index contributed by atoms with van der Waals surface area (Å²) < 4.78 is 39.6. The molecule has 4 nitrogen and oxygen atoms in total. The van der Waals surface area contributed by atoms with Crippen LogP contribution >= 0.6 is 11.6 Å². The lowest BCUT2D eigenvalue weighted by Crippen LogP contribution is -2.40. The van der Waals surface area contributed by atoms with E-state index in [1.165, 1.54) is 16.4 Å². The van der Waals surface area contributed by atoms with Crippen LogP contribution in [0, 0.1) is 5.82 Å². The van der Waals surface area contributed by atoms with E-state index in [0.29, 0.717) is 13.0 Å². The highest BCUT2D eigenvalue weighted by molar-refractivity contribution is 7.89. The van der Waals surface area contributed by atoms with Gasteiger partial charge in [0.05, 0.1) is 0 Å². The van der Waals surface area contributed by atoms with Crippen LogP contribution in [-0.2, 0) is 10.0 Å². The van der Waals surface area contributed by atoms with E-state index in [4.69, 9.17) is 17.3 Å². The summed E-state index contributed by atoms with van der Waals surface area (Å²) in [6, 6.07) is 3.00. The Labute approximate surface area is 111 Å². The standard InChI is InChI=1S/C11H14ClFN2O2S/c1-7-10(14)4-5-15(7)18(16,17)11-3-2-8(12)6-9(11)13/h2-3,6-7,10H,4-5,14H2,1H3. The lowest BCUT2D eigenvalue weighted by atomic mass is 10.2. The second kappa shape index (κ2) is 4.77. The average molecular weight is 293 g/mol. The Bertz CT molecular complexity index is 564. The van der Waals surface area contributed by atoms with Gasteiger partial charge < -0.3 is 5.73 Å². The van der Waals surface area contributed by atoms with Crippen molar-refractivity contribution >= 4 is 21.6 Å². The molecule has 7 heteroatoms. The number of hydrogen-bond donors (Lipinski definition) is 1. The van der Waals surface area contributed by atoms with Crippen molar-refractivity contribution in [2.24, 2.45) is 5.73 Å². The third-order valence-corrected chi connectivity index (χ3v) is 5.49. The van der Waals surface area contributed by atoms with Crippen LogP contribution in [0.5, 0.6) is 0 Å². The second-order valence-electron chi connectivity index (χ2n) is 4.38. The molecular weight excluding hydrogens is 279 g/mol. The molecule has 2 N–H and O–H groups in total. The zero-order valence-electron chi connectivity index (χ0n) is 9.81. The number of benzene rings is 1. The van der Waals surface area contributed by atoms with Gasteiger partial charge in [0.15, 0.2) is 0 Å². The van der Waals surface area contributed by atoms with Gasteiger partial charge in [-0.3, -0.25) is 0 Å². The van der Waals surface area contributed by atoms with Gasteiger partial charge >= 0.3 is 0 Å². The molecule has 1 aromatic carbocycles. The lowest BCUT2D eigenvalue weighted by Gasteiger charge is -2.22. The van der Waals surface area contributed by atoms with Gasteiger partial charge in [0.2, 0.25) is 10.0 Å². The molecule has 0 radical (unpaired) electrons. The summed E-state index contributed by atoms with van der Waals surface area (Å²) in [5, 5.41) is 0.164. The number of halogens is 2. The third kappa shape index (κ3) is 2.25. The van der Waals surface area contributed by atoms with Crippen LogP contribution in [0.2, 0.25) is 5.02 Å². The maximum atomic E-state index is 13.7. The highest BCUT2D eigenvalue weighted by Gasteiger charge is 2.38. The number of rotatable bonds is 2. The van der Waals surface area contributed by atoms with Crippen molar-refractivity contribution in [3.05, 3.63) is 29.0 Å². The van der Waals surface area contributed by atoms with Gasteiger partial charge in [-0.2, -0.15) is 4.31 Å². The van der Waals surface area contributed by atoms with E-state index in [-0.39, 0.29) is 22.0 Å². The summed E-state index contributed by atoms with van der Waals surface area (Å²) in [6.07, 6.45) is 0.579. The molecule has 100 valence electrons. The molecule has 2 atom stereocenters. The van der Waals surface area contributed by atoms with E-state index in [9.17, 15) is 12.8 Å². The van der Waals surface area contributed by atoms with Crippen molar-refractivity contribution in [1.29, 1.82) is 0 Å². The van der Waals surface area contributed by atoms with E-state index >= 15 is 0 Å². The summed E-state index contributed by atoms with van der Waals surface area (Å²) in [7, 11) is -3.85. The van der Waals surface area contributed by atoms with E-state index in [1.807, 2.05) is 0 Å². The first-order valence-electron chi connectivity index (χ1n) is 5.56. The first-order chi connectivity index (χ1) is 8.34. The first-order valence-corrected chi connectivity index (χ1v) is 7.38. The fourth-order valence-corrected chi connectivity index (χ4v) is 3.98. The third-order valence-electron chi connectivity index (χ3n) is 3.24. The largest absolute Gasteiger partial charge is 0.326 e. The topological polar surface area (TPSA) is 63.4 Å². The molecule has 1 saturated heterocycles. The Kier molecular flexibility index (Phi) is 3.64. The van der Waals surface area contributed by atoms with Crippen LogP contribution in [-0.4, -0.2) is 31.4 Å². The zero-order chi connectivity index (χ0) is 13.5. The van der Waals surface area contributed by atoms with E-state index in [1.54, 1.807) is 6.92 Å². The van der Waals surface area contributed by atoms with Crippen molar-refractivity contribution in [3.63, 3.8) is 0 Å². The quantitative estimate of drug-likeness (QED) is 0.900. The van der Waals surface area contributed by atoms with Crippen molar-refractivity contribution in [2.45, 2.75) is 30.3 Å². The van der Waals surface area contributed by atoms with E-state index < -0.39 is 15.8 Å². The second-order valence-corrected chi connectivity index (χ2v) is 6.68. The van der Waals surface area contributed by atoms with Crippen LogP contribution in [0.25, 0.3) is 0 Å². The Morgan fingerprint density at radius 2 is 2.17 bits per heavy atom. The van der Waals surface area contributed by atoms with E-state index in [2.05, 4.69) is 0 Å². The van der Waals surface area contributed by atoms with E-state index in [0.717, 1.165) is 6.07 Å². The van der Waals surface area contributed by atoms with Gasteiger partial charge in [-0.05, 0) is 31.5 Å². The zero-order valence-corrected chi connectivity index (χ0v) is 11.4. The van der Waals surface area contributed by atoms with Gasteiger partial charge in [0.1, 0.15) is 10.7 Å². The molecule has 0 amide bonds. The number of hydrogen-bond acceptors (Lipinski definition) is 3. The normalized spacial score (nSPS) is 25.6. The summed E-state index contributed by atoms with van der Waals surface area (Å²) in [5.41, 5.74) is 5.78. The lowest BCUT2D eigenvalue weighted by molar-refractivity contribution is 0.390.